The summed E-state index contributed by atoms with van der Waals surface area (Å²) >= 11 is 0. The van der Waals surface area contributed by atoms with E-state index >= 15 is 0 Å². The zero-order valence-corrected chi connectivity index (χ0v) is 12.3. The fourth-order valence-electron chi connectivity index (χ4n) is 2.75. The summed E-state index contributed by atoms with van der Waals surface area (Å²) in [5.41, 5.74) is -0.235. The molecule has 0 atom stereocenters. The first kappa shape index (κ1) is 15.8. The summed E-state index contributed by atoms with van der Waals surface area (Å²) in [7, 11) is 0. The number of nitrogens with zero attached hydrogens (tertiary/aromatic N) is 1. The largest absolute Gasteiger partial charge is 0.347 e. The summed E-state index contributed by atoms with van der Waals surface area (Å²) in [5.74, 6) is -4.06. The number of anilines is 1. The SMILES string of the molecule is O=C(Nc1ccc(F)cc1F)C(=O)N1CCC2(CC1)OCCO2. The van der Waals surface area contributed by atoms with Crippen LogP contribution >= 0.6 is 0 Å². The van der Waals surface area contributed by atoms with Crippen LogP contribution in [0.3, 0.4) is 0 Å². The van der Waals surface area contributed by atoms with Crippen molar-refractivity contribution in [2.45, 2.75) is 18.6 Å². The second kappa shape index (κ2) is 6.21. The van der Waals surface area contributed by atoms with E-state index in [1.54, 1.807) is 0 Å². The molecular formula is C15H16F2N2O4. The number of carbonyl (C=O) groups excluding carboxylic acids is 2. The normalized spacial score (nSPS) is 19.8. The Balaban J connectivity index is 1.58. The van der Waals surface area contributed by atoms with Crippen molar-refractivity contribution < 1.29 is 27.8 Å². The van der Waals surface area contributed by atoms with Crippen LogP contribution < -0.4 is 5.32 Å². The third-order valence-electron chi connectivity index (χ3n) is 4.00. The highest BCUT2D eigenvalue weighted by Gasteiger charge is 2.41. The van der Waals surface area contributed by atoms with Gasteiger partial charge in [-0.2, -0.15) is 0 Å². The number of nitrogens with one attached hydrogen (secondary N) is 1. The van der Waals surface area contributed by atoms with Crippen molar-refractivity contribution in [2.75, 3.05) is 31.6 Å². The second-order valence-electron chi connectivity index (χ2n) is 5.48. The van der Waals surface area contributed by atoms with Gasteiger partial charge < -0.3 is 19.7 Å². The number of hydrogen-bond acceptors (Lipinski definition) is 4. The first-order chi connectivity index (χ1) is 11.0. The van der Waals surface area contributed by atoms with Gasteiger partial charge in [-0.3, -0.25) is 9.59 Å². The molecule has 2 amide bonds. The molecule has 1 aromatic carbocycles. The third kappa shape index (κ3) is 3.32. The van der Waals surface area contributed by atoms with Crippen LogP contribution in [-0.4, -0.2) is 48.8 Å². The predicted molar refractivity (Wildman–Crippen MR) is 75.4 cm³/mol. The lowest BCUT2D eigenvalue weighted by atomic mass is 10.0. The quantitative estimate of drug-likeness (QED) is 0.789. The number of piperidine rings is 1. The number of likely N-dealkylation sites (tertiary alicyclic amines) is 1. The van der Waals surface area contributed by atoms with Gasteiger partial charge in [0.2, 0.25) is 0 Å². The predicted octanol–water partition coefficient (Wildman–Crippen LogP) is 1.27. The molecule has 2 aliphatic rings. The first-order valence-corrected chi connectivity index (χ1v) is 7.32. The van der Waals surface area contributed by atoms with Crippen LogP contribution in [0.5, 0.6) is 0 Å². The maximum absolute atomic E-state index is 13.5. The van der Waals surface area contributed by atoms with Gasteiger partial charge in [0.25, 0.3) is 0 Å². The van der Waals surface area contributed by atoms with Crippen molar-refractivity contribution in [3.05, 3.63) is 29.8 Å². The van der Waals surface area contributed by atoms with Crippen molar-refractivity contribution >= 4 is 17.5 Å². The molecule has 3 rings (SSSR count). The molecule has 1 spiro atoms. The van der Waals surface area contributed by atoms with E-state index < -0.39 is 29.2 Å². The van der Waals surface area contributed by atoms with Gasteiger partial charge in [-0.1, -0.05) is 0 Å². The minimum absolute atomic E-state index is 0.235. The topological polar surface area (TPSA) is 67.9 Å². The van der Waals surface area contributed by atoms with E-state index in [-0.39, 0.29) is 5.69 Å². The Labute approximate surface area is 131 Å². The fourth-order valence-corrected chi connectivity index (χ4v) is 2.75. The van der Waals surface area contributed by atoms with Gasteiger partial charge in [-0.15, -0.1) is 0 Å². The van der Waals surface area contributed by atoms with Crippen molar-refractivity contribution in [3.8, 4) is 0 Å². The molecule has 23 heavy (non-hydrogen) atoms. The average Bonchev–Trinajstić information content (AvgIpc) is 2.98. The van der Waals surface area contributed by atoms with E-state index in [0.717, 1.165) is 12.1 Å². The van der Waals surface area contributed by atoms with Gasteiger partial charge in [0.1, 0.15) is 11.6 Å². The summed E-state index contributed by atoms with van der Waals surface area (Å²) in [6, 6.07) is 2.71. The Morgan fingerprint density at radius 3 is 2.39 bits per heavy atom. The molecule has 2 heterocycles. The molecule has 124 valence electrons. The molecule has 0 unspecified atom stereocenters. The maximum Gasteiger partial charge on any atom is 0.313 e. The number of halogens is 2. The Morgan fingerprint density at radius 2 is 1.78 bits per heavy atom. The zero-order valence-electron chi connectivity index (χ0n) is 12.3. The lowest BCUT2D eigenvalue weighted by molar-refractivity contribution is -0.187. The molecule has 0 bridgehead atoms. The number of carbonyl (C=O) groups is 2. The van der Waals surface area contributed by atoms with Crippen molar-refractivity contribution in [1.29, 1.82) is 0 Å². The van der Waals surface area contributed by atoms with Crippen molar-refractivity contribution in [3.63, 3.8) is 0 Å². The lowest BCUT2D eigenvalue weighted by Crippen LogP contribution is -2.50. The lowest BCUT2D eigenvalue weighted by Gasteiger charge is -2.37. The molecule has 1 N–H and O–H groups in total. The third-order valence-corrected chi connectivity index (χ3v) is 4.00. The highest BCUT2D eigenvalue weighted by Crippen LogP contribution is 2.31. The molecule has 0 radical (unpaired) electrons. The summed E-state index contributed by atoms with van der Waals surface area (Å²) in [5, 5.41) is 2.16. The molecule has 2 fully saturated rings. The van der Waals surface area contributed by atoms with Gasteiger partial charge in [0.05, 0.1) is 18.9 Å². The molecule has 0 aliphatic carbocycles. The zero-order chi connectivity index (χ0) is 16.4. The Hall–Kier alpha value is -2.06. The minimum Gasteiger partial charge on any atom is -0.347 e. The molecule has 8 heteroatoms. The van der Waals surface area contributed by atoms with Crippen molar-refractivity contribution in [1.82, 2.24) is 4.90 Å². The number of hydrogen-bond donors (Lipinski definition) is 1. The summed E-state index contributed by atoms with van der Waals surface area (Å²) in [4.78, 5) is 25.4. The number of amides is 2. The van der Waals surface area contributed by atoms with Crippen LogP contribution in [0.4, 0.5) is 14.5 Å². The molecule has 2 aliphatic heterocycles. The van der Waals surface area contributed by atoms with Gasteiger partial charge in [0.15, 0.2) is 5.79 Å². The maximum atomic E-state index is 13.5. The van der Waals surface area contributed by atoms with E-state index in [9.17, 15) is 18.4 Å². The summed E-state index contributed by atoms with van der Waals surface area (Å²) in [6.07, 6.45) is 0.966. The van der Waals surface area contributed by atoms with Crippen LogP contribution in [0, 0.1) is 11.6 Å². The second-order valence-corrected chi connectivity index (χ2v) is 5.48. The number of ether oxygens (including phenoxy) is 2. The number of rotatable bonds is 1. The molecule has 2 saturated heterocycles. The standard InChI is InChI=1S/C15H16F2N2O4/c16-10-1-2-12(11(17)9-10)18-13(20)14(21)19-5-3-15(4-6-19)22-7-8-23-15/h1-2,9H,3-8H2,(H,18,20). The highest BCUT2D eigenvalue weighted by atomic mass is 19.1. The molecule has 6 nitrogen and oxygen atoms in total. The van der Waals surface area contributed by atoms with Crippen molar-refractivity contribution in [2.24, 2.45) is 0 Å². The first-order valence-electron chi connectivity index (χ1n) is 7.32. The van der Waals surface area contributed by atoms with E-state index in [2.05, 4.69) is 5.32 Å². The smallest absolute Gasteiger partial charge is 0.313 e. The van der Waals surface area contributed by atoms with E-state index in [0.29, 0.717) is 45.2 Å². The van der Waals surface area contributed by atoms with Gasteiger partial charge in [0, 0.05) is 32.0 Å². The van der Waals surface area contributed by atoms with Crippen LogP contribution in [0.25, 0.3) is 0 Å². The molecular weight excluding hydrogens is 310 g/mol. The van der Waals surface area contributed by atoms with Crippen LogP contribution in [0.1, 0.15) is 12.8 Å². The minimum atomic E-state index is -0.959. The van der Waals surface area contributed by atoms with E-state index in [1.807, 2.05) is 0 Å². The molecule has 0 aromatic heterocycles. The van der Waals surface area contributed by atoms with E-state index in [1.165, 1.54) is 4.90 Å². The van der Waals surface area contributed by atoms with Crippen LogP contribution in [-0.2, 0) is 19.1 Å². The Bertz CT molecular complexity index is 622. The fraction of sp³-hybridized carbons (Fsp3) is 0.467. The van der Waals surface area contributed by atoms with Gasteiger partial charge in [-0.05, 0) is 12.1 Å². The van der Waals surface area contributed by atoms with Crippen LogP contribution in [0.2, 0.25) is 0 Å². The summed E-state index contributed by atoms with van der Waals surface area (Å²) in [6.45, 7) is 1.69. The van der Waals surface area contributed by atoms with Gasteiger partial charge >= 0.3 is 11.8 Å². The van der Waals surface area contributed by atoms with Crippen LogP contribution in [0.15, 0.2) is 18.2 Å². The monoisotopic (exact) mass is 326 g/mol. The van der Waals surface area contributed by atoms with E-state index in [4.69, 9.17) is 9.47 Å². The average molecular weight is 326 g/mol. The summed E-state index contributed by atoms with van der Waals surface area (Å²) < 4.78 is 37.4. The molecule has 0 saturated carbocycles. The Kier molecular flexibility index (Phi) is 4.27. The molecule has 1 aromatic rings. The number of benzene rings is 1. The highest BCUT2D eigenvalue weighted by molar-refractivity contribution is 6.39. The Morgan fingerprint density at radius 1 is 1.13 bits per heavy atom. The van der Waals surface area contributed by atoms with Gasteiger partial charge in [-0.25, -0.2) is 8.78 Å².